The summed E-state index contributed by atoms with van der Waals surface area (Å²) in [6.07, 6.45) is 5.50. The van der Waals surface area contributed by atoms with Crippen LogP contribution in [0.1, 0.15) is 16.9 Å². The van der Waals surface area contributed by atoms with Crippen molar-refractivity contribution in [2.24, 2.45) is 4.99 Å². The largest absolute Gasteiger partial charge is 0.499 e. The average molecular weight is 375 g/mol. The van der Waals surface area contributed by atoms with Crippen molar-refractivity contribution in [1.82, 2.24) is 9.97 Å². The number of nitrogens with two attached hydrogens (primary N) is 1. The van der Waals surface area contributed by atoms with Gasteiger partial charge in [-0.05, 0) is 24.3 Å². The number of aliphatic imine (C=N–C) groups is 1. The molecule has 27 heavy (non-hydrogen) atoms. The minimum atomic E-state index is -0.0159. The van der Waals surface area contributed by atoms with Gasteiger partial charge in [-0.1, -0.05) is 12.1 Å². The van der Waals surface area contributed by atoms with Crippen LogP contribution in [0.15, 0.2) is 47.2 Å². The van der Waals surface area contributed by atoms with Gasteiger partial charge in [-0.15, -0.1) is 11.3 Å². The Bertz CT molecular complexity index is 1110. The lowest BCUT2D eigenvalue weighted by atomic mass is 10.1. The van der Waals surface area contributed by atoms with Crippen LogP contribution in [0.5, 0.6) is 0 Å². The Labute approximate surface area is 160 Å². The van der Waals surface area contributed by atoms with Crippen LogP contribution in [0.25, 0.3) is 21.6 Å². The molecule has 0 spiro atoms. The van der Waals surface area contributed by atoms with Crippen molar-refractivity contribution in [3.8, 4) is 17.5 Å². The zero-order valence-corrected chi connectivity index (χ0v) is 15.5. The van der Waals surface area contributed by atoms with Crippen LogP contribution in [-0.4, -0.2) is 29.3 Å². The number of nitrogens with zero attached hydrogens (tertiary/aromatic N) is 4. The second-order valence-corrected chi connectivity index (χ2v) is 7.27. The van der Waals surface area contributed by atoms with Gasteiger partial charge in [-0.3, -0.25) is 4.99 Å². The van der Waals surface area contributed by atoms with Crippen molar-refractivity contribution < 1.29 is 4.74 Å². The van der Waals surface area contributed by atoms with Gasteiger partial charge in [-0.2, -0.15) is 5.26 Å². The molecular formula is C20H17N5OS. The molecule has 2 aromatic heterocycles. The van der Waals surface area contributed by atoms with Gasteiger partial charge in [0.25, 0.3) is 0 Å². The van der Waals surface area contributed by atoms with Crippen molar-refractivity contribution in [3.63, 3.8) is 0 Å². The summed E-state index contributed by atoms with van der Waals surface area (Å²) in [6.45, 7) is 0. The maximum Gasteiger partial charge on any atom is 0.163 e. The minimum Gasteiger partial charge on any atom is -0.499 e. The first kappa shape index (κ1) is 17.2. The number of anilines is 1. The quantitative estimate of drug-likeness (QED) is 0.749. The van der Waals surface area contributed by atoms with E-state index in [1.54, 1.807) is 30.6 Å². The number of aromatic nitrogens is 2. The number of fused-ring (bicyclic) bond motifs is 1. The van der Waals surface area contributed by atoms with Crippen LogP contribution >= 0.6 is 11.3 Å². The van der Waals surface area contributed by atoms with Crippen LogP contribution in [0.2, 0.25) is 0 Å². The van der Waals surface area contributed by atoms with E-state index in [1.165, 1.54) is 0 Å². The van der Waals surface area contributed by atoms with E-state index >= 15 is 0 Å². The van der Waals surface area contributed by atoms with E-state index in [-0.39, 0.29) is 6.04 Å². The number of hydrogen-bond acceptors (Lipinski definition) is 7. The molecule has 134 valence electrons. The van der Waals surface area contributed by atoms with Crippen molar-refractivity contribution >= 4 is 33.6 Å². The number of ether oxygens (including phenoxy) is 1. The molecule has 1 aliphatic rings. The van der Waals surface area contributed by atoms with E-state index in [4.69, 9.17) is 15.7 Å². The van der Waals surface area contributed by atoms with Gasteiger partial charge in [0, 0.05) is 29.5 Å². The fraction of sp³-hybridized carbons (Fsp3) is 0.200. The fourth-order valence-electron chi connectivity index (χ4n) is 3.08. The lowest BCUT2D eigenvalue weighted by molar-refractivity contribution is 0.262. The molecule has 0 saturated heterocycles. The van der Waals surface area contributed by atoms with E-state index in [0.717, 1.165) is 39.3 Å². The Morgan fingerprint density at radius 2 is 2.22 bits per heavy atom. The molecule has 0 aliphatic carbocycles. The number of methoxy groups -OCH3 is 1. The molecule has 3 heterocycles. The smallest absolute Gasteiger partial charge is 0.163 e. The molecule has 0 fully saturated rings. The second kappa shape index (κ2) is 7.17. The third-order valence-corrected chi connectivity index (χ3v) is 5.44. The van der Waals surface area contributed by atoms with Crippen LogP contribution < -0.4 is 5.73 Å². The van der Waals surface area contributed by atoms with Gasteiger partial charge < -0.3 is 10.5 Å². The zero-order valence-electron chi connectivity index (χ0n) is 14.7. The summed E-state index contributed by atoms with van der Waals surface area (Å²) >= 11 is 1.58. The van der Waals surface area contributed by atoms with Crippen molar-refractivity contribution in [1.29, 1.82) is 5.26 Å². The summed E-state index contributed by atoms with van der Waals surface area (Å²) in [7, 11) is 1.68. The monoisotopic (exact) mass is 375 g/mol. The third-order valence-electron chi connectivity index (χ3n) is 4.39. The van der Waals surface area contributed by atoms with Crippen LogP contribution in [-0.2, 0) is 11.2 Å². The number of nitriles is 1. The SMILES string of the molecule is COC1=CCC=NC1Cc1cc2c(N)nc(-c3cccc(C#N)c3)nc2s1. The summed E-state index contributed by atoms with van der Waals surface area (Å²) in [5, 5.41) is 9.94. The first-order chi connectivity index (χ1) is 13.2. The number of hydrogen-bond donors (Lipinski definition) is 1. The summed E-state index contributed by atoms with van der Waals surface area (Å²) in [5.41, 5.74) is 7.53. The van der Waals surface area contributed by atoms with Crippen molar-refractivity contribution in [2.75, 3.05) is 12.8 Å². The maximum absolute atomic E-state index is 9.10. The first-order valence-electron chi connectivity index (χ1n) is 8.50. The minimum absolute atomic E-state index is 0.0159. The summed E-state index contributed by atoms with van der Waals surface area (Å²) in [5.74, 6) is 1.86. The van der Waals surface area contributed by atoms with Crippen molar-refractivity contribution in [2.45, 2.75) is 18.9 Å². The topological polar surface area (TPSA) is 97.2 Å². The lowest BCUT2D eigenvalue weighted by Crippen LogP contribution is -2.16. The highest BCUT2D eigenvalue weighted by molar-refractivity contribution is 7.18. The van der Waals surface area contributed by atoms with Gasteiger partial charge in [0.15, 0.2) is 5.82 Å². The molecule has 6 nitrogen and oxygen atoms in total. The van der Waals surface area contributed by atoms with Crippen molar-refractivity contribution in [3.05, 3.63) is 52.6 Å². The number of rotatable bonds is 4. The molecule has 4 rings (SSSR count). The number of dihydropyridines is 1. The molecule has 0 bridgehead atoms. The lowest BCUT2D eigenvalue weighted by Gasteiger charge is -2.17. The number of nitrogen functional groups attached to an aromatic ring is 1. The molecule has 1 unspecified atom stereocenters. The number of thiophene rings is 1. The zero-order chi connectivity index (χ0) is 18.8. The Morgan fingerprint density at radius 3 is 3.04 bits per heavy atom. The predicted molar refractivity (Wildman–Crippen MR) is 108 cm³/mol. The summed E-state index contributed by atoms with van der Waals surface area (Å²) in [6, 6.07) is 11.4. The first-order valence-corrected chi connectivity index (χ1v) is 9.31. The van der Waals surface area contributed by atoms with Gasteiger partial charge in [0.05, 0.1) is 24.1 Å². The third kappa shape index (κ3) is 3.39. The molecule has 0 amide bonds. The van der Waals surface area contributed by atoms with Gasteiger partial charge in [0.2, 0.25) is 0 Å². The molecule has 1 atom stereocenters. The van der Waals surface area contributed by atoms with Crippen LogP contribution in [0.4, 0.5) is 5.82 Å². The molecule has 2 N–H and O–H groups in total. The molecule has 3 aromatic rings. The maximum atomic E-state index is 9.10. The number of benzene rings is 1. The van der Waals surface area contributed by atoms with Crippen LogP contribution in [0.3, 0.4) is 0 Å². The highest BCUT2D eigenvalue weighted by Gasteiger charge is 2.19. The number of allylic oxidation sites excluding steroid dienone is 1. The van der Waals surface area contributed by atoms with Gasteiger partial charge >= 0.3 is 0 Å². The Morgan fingerprint density at radius 1 is 1.33 bits per heavy atom. The van der Waals surface area contributed by atoms with E-state index in [0.29, 0.717) is 17.2 Å². The Balaban J connectivity index is 1.69. The summed E-state index contributed by atoms with van der Waals surface area (Å²) < 4.78 is 5.45. The normalized spacial score (nSPS) is 16.1. The molecule has 0 radical (unpaired) electrons. The average Bonchev–Trinajstić information content (AvgIpc) is 3.11. The fourth-order valence-corrected chi connectivity index (χ4v) is 4.15. The highest BCUT2D eigenvalue weighted by atomic mass is 32.1. The van der Waals surface area contributed by atoms with Gasteiger partial charge in [0.1, 0.15) is 22.4 Å². The molecule has 7 heteroatoms. The predicted octanol–water partition coefficient (Wildman–Crippen LogP) is 3.73. The molecule has 1 aliphatic heterocycles. The van der Waals surface area contributed by atoms with E-state index < -0.39 is 0 Å². The second-order valence-electron chi connectivity index (χ2n) is 6.15. The molecule has 0 saturated carbocycles. The molecule has 1 aromatic carbocycles. The van der Waals surface area contributed by atoms with E-state index in [1.807, 2.05) is 24.4 Å². The van der Waals surface area contributed by atoms with E-state index in [2.05, 4.69) is 27.1 Å². The van der Waals surface area contributed by atoms with E-state index in [9.17, 15) is 0 Å². The summed E-state index contributed by atoms with van der Waals surface area (Å²) in [4.78, 5) is 15.6. The Hall–Kier alpha value is -3.24. The van der Waals surface area contributed by atoms with Gasteiger partial charge in [-0.25, -0.2) is 9.97 Å². The van der Waals surface area contributed by atoms with Crippen LogP contribution in [0, 0.1) is 11.3 Å². The standard InChI is InChI=1S/C20H17N5OS/c1-26-17-6-3-7-23-16(17)10-14-9-15-18(22)24-19(25-20(15)27-14)13-5-2-4-12(8-13)11-21/h2,4-9,16H,3,10H2,1H3,(H2,22,24,25). The molecular weight excluding hydrogens is 358 g/mol. The highest BCUT2D eigenvalue weighted by Crippen LogP contribution is 2.32. The Kier molecular flexibility index (Phi) is 4.57.